The zero-order valence-electron chi connectivity index (χ0n) is 17.8. The predicted molar refractivity (Wildman–Crippen MR) is 119 cm³/mol. The van der Waals surface area contributed by atoms with Gasteiger partial charge in [0.15, 0.2) is 0 Å². The first-order chi connectivity index (χ1) is 14.9. The van der Waals surface area contributed by atoms with Gasteiger partial charge in [-0.25, -0.2) is 0 Å². The molecule has 0 saturated carbocycles. The van der Waals surface area contributed by atoms with Crippen molar-refractivity contribution in [3.63, 3.8) is 0 Å². The van der Waals surface area contributed by atoms with E-state index in [9.17, 15) is 15.0 Å². The highest BCUT2D eigenvalue weighted by Gasteiger charge is 2.41. The van der Waals surface area contributed by atoms with Gasteiger partial charge >= 0.3 is 5.97 Å². The largest absolute Gasteiger partial charge is 0.497 e. The Morgan fingerprint density at radius 3 is 1.58 bits per heavy atom. The molecule has 31 heavy (non-hydrogen) atoms. The van der Waals surface area contributed by atoms with Gasteiger partial charge in [-0.2, -0.15) is 0 Å². The Hall–Kier alpha value is -3.35. The number of aliphatic hydroxyl groups is 1. The van der Waals surface area contributed by atoms with Gasteiger partial charge in [0.05, 0.1) is 25.9 Å². The third-order valence-electron chi connectivity index (χ3n) is 5.37. The number of benzene rings is 3. The Morgan fingerprint density at radius 1 is 0.806 bits per heavy atom. The number of hydrogen-bond acceptors (Lipinski definition) is 5. The number of rotatable bonds is 9. The van der Waals surface area contributed by atoms with Gasteiger partial charge in [0, 0.05) is 0 Å². The second-order valence-electron chi connectivity index (χ2n) is 7.27. The Bertz CT molecular complexity index is 937. The van der Waals surface area contributed by atoms with E-state index in [2.05, 4.69) is 5.32 Å². The SMILES string of the molecule is COc1ccc(C(N[C@@H](C(=O)O)[C@H](C)O)(c2ccccc2)c2ccc(OC)cc2)cc1. The molecule has 6 nitrogen and oxygen atoms in total. The highest BCUT2D eigenvalue weighted by atomic mass is 16.5. The number of methoxy groups -OCH3 is 2. The summed E-state index contributed by atoms with van der Waals surface area (Å²) >= 11 is 0. The van der Waals surface area contributed by atoms with E-state index in [1.54, 1.807) is 14.2 Å². The van der Waals surface area contributed by atoms with Crippen molar-refractivity contribution in [2.45, 2.75) is 24.6 Å². The number of ether oxygens (including phenoxy) is 2. The first kappa shape index (κ1) is 22.3. The van der Waals surface area contributed by atoms with E-state index in [4.69, 9.17) is 9.47 Å². The zero-order valence-corrected chi connectivity index (χ0v) is 17.8. The van der Waals surface area contributed by atoms with Crippen LogP contribution in [0.2, 0.25) is 0 Å². The lowest BCUT2D eigenvalue weighted by molar-refractivity contribution is -0.142. The van der Waals surface area contributed by atoms with Crippen LogP contribution >= 0.6 is 0 Å². The van der Waals surface area contributed by atoms with Crippen LogP contribution in [-0.2, 0) is 10.3 Å². The highest BCUT2D eigenvalue weighted by molar-refractivity contribution is 5.75. The van der Waals surface area contributed by atoms with Crippen molar-refractivity contribution in [3.8, 4) is 11.5 Å². The number of nitrogens with one attached hydrogen (secondary N) is 1. The number of carboxylic acid groups (broad SMARTS) is 1. The smallest absolute Gasteiger partial charge is 0.323 e. The maximum Gasteiger partial charge on any atom is 0.323 e. The minimum Gasteiger partial charge on any atom is -0.497 e. The molecule has 0 amide bonds. The molecular formula is C25H27NO5. The van der Waals surface area contributed by atoms with Gasteiger partial charge in [0.1, 0.15) is 17.5 Å². The summed E-state index contributed by atoms with van der Waals surface area (Å²) in [5, 5.41) is 23.4. The Balaban J connectivity index is 2.31. The molecule has 0 spiro atoms. The first-order valence-corrected chi connectivity index (χ1v) is 9.95. The van der Waals surface area contributed by atoms with Gasteiger partial charge in [-0.1, -0.05) is 54.6 Å². The number of carbonyl (C=O) groups is 1. The number of aliphatic hydroxyl groups excluding tert-OH is 1. The number of aliphatic carboxylic acids is 1. The fourth-order valence-electron chi connectivity index (χ4n) is 3.74. The summed E-state index contributed by atoms with van der Waals surface area (Å²) in [7, 11) is 3.18. The molecule has 3 aromatic carbocycles. The van der Waals surface area contributed by atoms with Crippen LogP contribution in [0.25, 0.3) is 0 Å². The number of hydrogen-bond donors (Lipinski definition) is 3. The van der Waals surface area contributed by atoms with Crippen molar-refractivity contribution in [1.82, 2.24) is 5.32 Å². The average Bonchev–Trinajstić information content (AvgIpc) is 2.80. The molecule has 0 aliphatic carbocycles. The van der Waals surface area contributed by atoms with E-state index in [1.807, 2.05) is 78.9 Å². The maximum absolute atomic E-state index is 12.1. The monoisotopic (exact) mass is 421 g/mol. The van der Waals surface area contributed by atoms with E-state index in [-0.39, 0.29) is 0 Å². The standard InChI is InChI=1S/C25H27NO5/c1-17(27)23(24(28)29)26-25(18-7-5-4-6-8-18,19-9-13-21(30-2)14-10-19)20-11-15-22(31-3)16-12-20/h4-17,23,26-27H,1-3H3,(H,28,29)/t17-,23+/m0/s1. The molecule has 0 unspecified atom stereocenters. The highest BCUT2D eigenvalue weighted by Crippen LogP contribution is 2.39. The van der Waals surface area contributed by atoms with E-state index in [1.165, 1.54) is 6.92 Å². The summed E-state index contributed by atoms with van der Waals surface area (Å²) in [6.45, 7) is 1.46. The van der Waals surface area contributed by atoms with Crippen LogP contribution in [0.15, 0.2) is 78.9 Å². The molecule has 2 atom stereocenters. The molecule has 3 rings (SSSR count). The molecule has 0 aromatic heterocycles. The second-order valence-corrected chi connectivity index (χ2v) is 7.27. The van der Waals surface area contributed by atoms with Crippen molar-refractivity contribution >= 4 is 5.97 Å². The molecule has 0 radical (unpaired) electrons. The molecule has 3 N–H and O–H groups in total. The Labute approximate surface area is 182 Å². The van der Waals surface area contributed by atoms with Gasteiger partial charge in [0.2, 0.25) is 0 Å². The molecule has 0 aliphatic rings. The fraction of sp³-hybridized carbons (Fsp3) is 0.240. The third kappa shape index (κ3) is 4.55. The van der Waals surface area contributed by atoms with E-state index < -0.39 is 23.7 Å². The lowest BCUT2D eigenvalue weighted by atomic mass is 9.76. The van der Waals surface area contributed by atoms with Crippen LogP contribution in [0.5, 0.6) is 11.5 Å². The summed E-state index contributed by atoms with van der Waals surface area (Å²) in [6, 6.07) is 23.2. The Kier molecular flexibility index (Phi) is 6.95. The predicted octanol–water partition coefficient (Wildman–Crippen LogP) is 3.42. The van der Waals surface area contributed by atoms with E-state index in [0.29, 0.717) is 11.5 Å². The summed E-state index contributed by atoms with van der Waals surface area (Å²) in [5.74, 6) is 0.230. The quantitative estimate of drug-likeness (QED) is 0.459. The second kappa shape index (κ2) is 9.64. The summed E-state index contributed by atoms with van der Waals surface area (Å²) < 4.78 is 10.6. The summed E-state index contributed by atoms with van der Waals surface area (Å²) in [6.07, 6.45) is -1.13. The van der Waals surface area contributed by atoms with Gasteiger partial charge < -0.3 is 19.7 Å². The van der Waals surface area contributed by atoms with Crippen molar-refractivity contribution in [1.29, 1.82) is 0 Å². The third-order valence-corrected chi connectivity index (χ3v) is 5.37. The van der Waals surface area contributed by atoms with Gasteiger partial charge in [-0.05, 0) is 47.9 Å². The first-order valence-electron chi connectivity index (χ1n) is 9.95. The molecule has 0 saturated heterocycles. The topological polar surface area (TPSA) is 88.0 Å². The van der Waals surface area contributed by atoms with Crippen molar-refractivity contribution in [2.75, 3.05) is 14.2 Å². The molecule has 0 heterocycles. The van der Waals surface area contributed by atoms with Crippen molar-refractivity contribution in [3.05, 3.63) is 95.6 Å². The molecule has 162 valence electrons. The minimum atomic E-state index is -1.22. The van der Waals surface area contributed by atoms with Gasteiger partial charge in [-0.3, -0.25) is 10.1 Å². The van der Waals surface area contributed by atoms with Crippen molar-refractivity contribution < 1.29 is 24.5 Å². The maximum atomic E-state index is 12.1. The van der Waals surface area contributed by atoms with Crippen molar-refractivity contribution in [2.24, 2.45) is 0 Å². The molecular weight excluding hydrogens is 394 g/mol. The number of carboxylic acids is 1. The zero-order chi connectivity index (χ0) is 22.4. The van der Waals surface area contributed by atoms with E-state index >= 15 is 0 Å². The van der Waals surface area contributed by atoms with Crippen LogP contribution < -0.4 is 14.8 Å². The average molecular weight is 421 g/mol. The van der Waals surface area contributed by atoms with Crippen LogP contribution in [0.4, 0.5) is 0 Å². The lowest BCUT2D eigenvalue weighted by Crippen LogP contribution is -2.56. The molecule has 0 fully saturated rings. The fourth-order valence-corrected chi connectivity index (χ4v) is 3.74. The van der Waals surface area contributed by atoms with Crippen LogP contribution in [0.3, 0.4) is 0 Å². The van der Waals surface area contributed by atoms with Gasteiger partial charge in [0.25, 0.3) is 0 Å². The van der Waals surface area contributed by atoms with Crippen LogP contribution in [0.1, 0.15) is 23.6 Å². The molecule has 0 aliphatic heterocycles. The summed E-state index contributed by atoms with van der Waals surface area (Å²) in [4.78, 5) is 12.1. The minimum absolute atomic E-state index is 0.686. The van der Waals surface area contributed by atoms with Crippen LogP contribution in [-0.4, -0.2) is 42.5 Å². The molecule has 0 bridgehead atoms. The van der Waals surface area contributed by atoms with Gasteiger partial charge in [-0.15, -0.1) is 0 Å². The summed E-state index contributed by atoms with van der Waals surface area (Å²) in [5.41, 5.74) is 1.38. The molecule has 3 aromatic rings. The van der Waals surface area contributed by atoms with E-state index in [0.717, 1.165) is 16.7 Å². The normalized spacial score (nSPS) is 13.3. The Morgan fingerprint density at radius 2 is 1.23 bits per heavy atom. The molecule has 6 heteroatoms. The lowest BCUT2D eigenvalue weighted by Gasteiger charge is -2.40. The van der Waals surface area contributed by atoms with Crippen LogP contribution in [0, 0.1) is 0 Å².